The Morgan fingerprint density at radius 3 is 2.81 bits per heavy atom. The van der Waals surface area contributed by atoms with E-state index in [1.165, 1.54) is 11.8 Å². The normalized spacial score (nSPS) is 20.5. The predicted molar refractivity (Wildman–Crippen MR) is 102 cm³/mol. The fourth-order valence-corrected chi connectivity index (χ4v) is 4.73. The molecule has 2 aromatic heterocycles. The maximum absolute atomic E-state index is 12.5. The van der Waals surface area contributed by atoms with Gasteiger partial charge in [0.05, 0.1) is 0 Å². The first-order valence-electron chi connectivity index (χ1n) is 9.24. The molecule has 0 unspecified atom stereocenters. The molecule has 1 aliphatic carbocycles. The lowest BCUT2D eigenvalue weighted by atomic mass is 9.92. The van der Waals surface area contributed by atoms with Gasteiger partial charge < -0.3 is 14.3 Å². The number of carbonyl (C=O) groups is 2. The zero-order valence-corrected chi connectivity index (χ0v) is 16.4. The average Bonchev–Trinajstić information content (AvgIpc) is 3.00. The van der Waals surface area contributed by atoms with Crippen molar-refractivity contribution < 1.29 is 14.1 Å². The SMILES string of the molecule is CC(=O)N(Cc1ccsc1)[C@H]1CC12CCN(C(=O)Nc1nocc1C)CC2. The first kappa shape index (κ1) is 18.0. The molecule has 0 radical (unpaired) electrons. The van der Waals surface area contributed by atoms with Crippen LogP contribution in [0.4, 0.5) is 10.6 Å². The predicted octanol–water partition coefficient (Wildman–Crippen LogP) is 3.48. The number of anilines is 1. The van der Waals surface area contributed by atoms with Gasteiger partial charge in [-0.3, -0.25) is 10.1 Å². The summed E-state index contributed by atoms with van der Waals surface area (Å²) in [5.41, 5.74) is 2.17. The number of piperidine rings is 1. The Labute approximate surface area is 162 Å². The van der Waals surface area contributed by atoms with Gasteiger partial charge in [-0.25, -0.2) is 4.79 Å². The fourth-order valence-electron chi connectivity index (χ4n) is 4.07. The highest BCUT2D eigenvalue weighted by molar-refractivity contribution is 7.07. The number of hydrogen-bond acceptors (Lipinski definition) is 5. The summed E-state index contributed by atoms with van der Waals surface area (Å²) in [6, 6.07) is 2.23. The summed E-state index contributed by atoms with van der Waals surface area (Å²) in [5, 5.41) is 10.8. The van der Waals surface area contributed by atoms with Crippen LogP contribution in [0.25, 0.3) is 0 Å². The van der Waals surface area contributed by atoms with Gasteiger partial charge >= 0.3 is 6.03 Å². The summed E-state index contributed by atoms with van der Waals surface area (Å²) in [6.45, 7) is 5.57. The molecule has 3 amide bonds. The van der Waals surface area contributed by atoms with E-state index in [0.29, 0.717) is 25.5 Å². The number of rotatable bonds is 4. The van der Waals surface area contributed by atoms with Gasteiger partial charge in [0.1, 0.15) is 6.26 Å². The maximum Gasteiger partial charge on any atom is 0.323 e. The van der Waals surface area contributed by atoms with Crippen LogP contribution < -0.4 is 5.32 Å². The molecule has 0 bridgehead atoms. The molecule has 0 aromatic carbocycles. The second-order valence-corrected chi connectivity index (χ2v) is 8.40. The lowest BCUT2D eigenvalue weighted by molar-refractivity contribution is -0.130. The number of carbonyl (C=O) groups excluding carboxylic acids is 2. The van der Waals surface area contributed by atoms with Crippen molar-refractivity contribution >= 4 is 29.1 Å². The molecule has 3 heterocycles. The van der Waals surface area contributed by atoms with E-state index in [4.69, 9.17) is 4.52 Å². The van der Waals surface area contributed by atoms with Crippen molar-refractivity contribution in [1.29, 1.82) is 0 Å². The van der Waals surface area contributed by atoms with E-state index in [-0.39, 0.29) is 23.4 Å². The highest BCUT2D eigenvalue weighted by Crippen LogP contribution is 2.57. The molecular formula is C19H24N4O3S. The number of hydrogen-bond donors (Lipinski definition) is 1. The molecule has 7 nitrogen and oxygen atoms in total. The van der Waals surface area contributed by atoms with Crippen molar-refractivity contribution in [3.63, 3.8) is 0 Å². The lowest BCUT2D eigenvalue weighted by Crippen LogP contribution is -2.44. The lowest BCUT2D eigenvalue weighted by Gasteiger charge is -2.34. The first-order chi connectivity index (χ1) is 13.0. The molecule has 1 saturated heterocycles. The standard InChI is InChI=1S/C19H24N4O3S/c1-13-11-26-21-17(13)20-18(25)22-6-4-19(5-7-22)9-16(19)23(14(2)24)10-15-3-8-27-12-15/h3,8,11-12,16H,4-7,9-10H2,1-2H3,(H,20,21,25)/t16-/m0/s1. The smallest absolute Gasteiger partial charge is 0.323 e. The topological polar surface area (TPSA) is 78.7 Å². The van der Waals surface area contributed by atoms with Gasteiger partial charge in [-0.2, -0.15) is 11.3 Å². The molecule has 4 rings (SSSR count). The van der Waals surface area contributed by atoms with E-state index < -0.39 is 0 Å². The molecule has 1 aliphatic heterocycles. The number of urea groups is 1. The molecule has 1 saturated carbocycles. The minimum absolute atomic E-state index is 0.129. The number of thiophene rings is 1. The van der Waals surface area contributed by atoms with Gasteiger partial charge in [0, 0.05) is 38.2 Å². The first-order valence-corrected chi connectivity index (χ1v) is 10.2. The van der Waals surface area contributed by atoms with Crippen molar-refractivity contribution in [1.82, 2.24) is 15.0 Å². The molecule has 27 heavy (non-hydrogen) atoms. The summed E-state index contributed by atoms with van der Waals surface area (Å²) in [4.78, 5) is 28.5. The van der Waals surface area contributed by atoms with Crippen LogP contribution in [0.2, 0.25) is 0 Å². The average molecular weight is 388 g/mol. The van der Waals surface area contributed by atoms with Crippen LogP contribution in [-0.2, 0) is 11.3 Å². The number of amides is 3. The largest absolute Gasteiger partial charge is 0.362 e. The molecule has 144 valence electrons. The number of nitrogens with zero attached hydrogens (tertiary/aromatic N) is 3. The highest BCUT2D eigenvalue weighted by atomic mass is 32.1. The van der Waals surface area contributed by atoms with Gasteiger partial charge in [-0.15, -0.1) is 0 Å². The van der Waals surface area contributed by atoms with Crippen LogP contribution in [-0.4, -0.2) is 46.0 Å². The van der Waals surface area contributed by atoms with Crippen molar-refractivity contribution in [2.24, 2.45) is 5.41 Å². The summed E-state index contributed by atoms with van der Waals surface area (Å²) < 4.78 is 4.86. The molecular weight excluding hydrogens is 364 g/mol. The van der Waals surface area contributed by atoms with E-state index in [9.17, 15) is 9.59 Å². The van der Waals surface area contributed by atoms with Crippen LogP contribution in [0.5, 0.6) is 0 Å². The van der Waals surface area contributed by atoms with Crippen LogP contribution in [0, 0.1) is 12.3 Å². The van der Waals surface area contributed by atoms with Gasteiger partial charge in [0.2, 0.25) is 5.91 Å². The second-order valence-electron chi connectivity index (χ2n) is 7.62. The van der Waals surface area contributed by atoms with Crippen molar-refractivity contribution in [2.75, 3.05) is 18.4 Å². The number of aryl methyl sites for hydroxylation is 1. The summed E-state index contributed by atoms with van der Waals surface area (Å²) >= 11 is 1.66. The third-order valence-corrected chi connectivity index (χ3v) is 6.61. The van der Waals surface area contributed by atoms with E-state index >= 15 is 0 Å². The van der Waals surface area contributed by atoms with E-state index in [0.717, 1.165) is 24.8 Å². The third kappa shape index (κ3) is 3.58. The van der Waals surface area contributed by atoms with E-state index in [1.807, 2.05) is 22.1 Å². The summed E-state index contributed by atoms with van der Waals surface area (Å²) in [6.07, 6.45) is 4.40. The van der Waals surface area contributed by atoms with Gasteiger partial charge in [-0.05, 0) is 54.0 Å². The minimum atomic E-state index is -0.138. The van der Waals surface area contributed by atoms with Crippen LogP contribution >= 0.6 is 11.3 Å². The fraction of sp³-hybridized carbons (Fsp3) is 0.526. The van der Waals surface area contributed by atoms with Gasteiger partial charge in [-0.1, -0.05) is 5.16 Å². The zero-order chi connectivity index (χ0) is 19.0. The monoisotopic (exact) mass is 388 g/mol. The Bertz CT molecular complexity index is 824. The molecule has 1 spiro atoms. The van der Waals surface area contributed by atoms with E-state index in [2.05, 4.69) is 21.9 Å². The van der Waals surface area contributed by atoms with Crippen molar-refractivity contribution in [3.05, 3.63) is 34.2 Å². The van der Waals surface area contributed by atoms with Crippen LogP contribution in [0.15, 0.2) is 27.6 Å². The van der Waals surface area contributed by atoms with Gasteiger partial charge in [0.25, 0.3) is 0 Å². The number of aromatic nitrogens is 1. The Kier molecular flexibility index (Phi) is 4.67. The van der Waals surface area contributed by atoms with Gasteiger partial charge in [0.15, 0.2) is 5.82 Å². The summed E-state index contributed by atoms with van der Waals surface area (Å²) in [5.74, 6) is 0.604. The number of likely N-dealkylation sites (tertiary alicyclic amines) is 1. The van der Waals surface area contributed by atoms with Crippen LogP contribution in [0.1, 0.15) is 37.3 Å². The van der Waals surface area contributed by atoms with E-state index in [1.54, 1.807) is 18.3 Å². The van der Waals surface area contributed by atoms with Crippen molar-refractivity contribution in [2.45, 2.75) is 45.7 Å². The molecule has 2 aromatic rings. The maximum atomic E-state index is 12.5. The quantitative estimate of drug-likeness (QED) is 0.870. The Morgan fingerprint density at radius 2 is 2.22 bits per heavy atom. The van der Waals surface area contributed by atoms with Crippen molar-refractivity contribution in [3.8, 4) is 0 Å². The third-order valence-electron chi connectivity index (χ3n) is 5.88. The summed E-state index contributed by atoms with van der Waals surface area (Å²) in [7, 11) is 0. The molecule has 2 fully saturated rings. The Morgan fingerprint density at radius 1 is 1.44 bits per heavy atom. The number of nitrogens with one attached hydrogen (secondary N) is 1. The highest BCUT2D eigenvalue weighted by Gasteiger charge is 2.58. The molecule has 8 heteroatoms. The molecule has 2 aliphatic rings. The van der Waals surface area contributed by atoms with Crippen LogP contribution in [0.3, 0.4) is 0 Å². The molecule has 1 N–H and O–H groups in total. The molecule has 1 atom stereocenters. The zero-order valence-electron chi connectivity index (χ0n) is 15.6. The Balaban J connectivity index is 1.34. The minimum Gasteiger partial charge on any atom is -0.362 e. The second kappa shape index (κ2) is 6.99. The Hall–Kier alpha value is -2.35.